The molecule has 1 fully saturated rings. The van der Waals surface area contributed by atoms with Gasteiger partial charge in [0.25, 0.3) is 5.91 Å². The lowest BCUT2D eigenvalue weighted by molar-refractivity contribution is 0.0918. The molecular weight excluding hydrogens is 262 g/mol. The Balaban J connectivity index is 1.60. The Hall–Kier alpha value is -2.12. The Morgan fingerprint density at radius 2 is 2.40 bits per heavy atom. The molecule has 0 bridgehead atoms. The first-order chi connectivity index (χ1) is 9.74. The summed E-state index contributed by atoms with van der Waals surface area (Å²) in [6.45, 7) is 1.65. The number of furan rings is 1. The van der Waals surface area contributed by atoms with Crippen molar-refractivity contribution < 1.29 is 18.8 Å². The van der Waals surface area contributed by atoms with Crippen molar-refractivity contribution in [1.82, 2.24) is 15.8 Å². The van der Waals surface area contributed by atoms with Gasteiger partial charge in [-0.1, -0.05) is 5.16 Å². The molecule has 1 amide bonds. The molecule has 1 saturated heterocycles. The van der Waals surface area contributed by atoms with E-state index >= 15 is 0 Å². The number of aromatic nitrogens is 1. The highest BCUT2D eigenvalue weighted by Crippen LogP contribution is 2.20. The van der Waals surface area contributed by atoms with Crippen LogP contribution in [-0.2, 0) is 0 Å². The zero-order valence-corrected chi connectivity index (χ0v) is 10.7. The molecule has 2 atom stereocenters. The van der Waals surface area contributed by atoms with Crippen LogP contribution >= 0.6 is 0 Å². The largest absolute Gasteiger partial charge is 0.461 e. The molecule has 0 radical (unpaired) electrons. The van der Waals surface area contributed by atoms with Gasteiger partial charge in [-0.3, -0.25) is 4.79 Å². The molecule has 20 heavy (non-hydrogen) atoms. The van der Waals surface area contributed by atoms with Gasteiger partial charge in [0, 0.05) is 31.6 Å². The molecule has 1 aliphatic heterocycles. The van der Waals surface area contributed by atoms with Crippen LogP contribution in [-0.4, -0.2) is 41.9 Å². The maximum Gasteiger partial charge on any atom is 0.273 e. The smallest absolute Gasteiger partial charge is 0.273 e. The third-order valence-corrected chi connectivity index (χ3v) is 3.34. The Bertz CT molecular complexity index is 578. The Morgan fingerprint density at radius 3 is 3.10 bits per heavy atom. The summed E-state index contributed by atoms with van der Waals surface area (Å²) in [5.41, 5.74) is 0.192. The molecule has 7 nitrogen and oxygen atoms in total. The standard InChI is InChI=1S/C13H15N3O4/c17-10-7-14-5-8(10)6-15-13(18)9-4-12(20-16-9)11-2-1-3-19-11/h1-4,8,10,14,17H,5-7H2,(H,15,18). The van der Waals surface area contributed by atoms with Gasteiger partial charge in [0.05, 0.1) is 12.4 Å². The van der Waals surface area contributed by atoms with Gasteiger partial charge in [0.1, 0.15) is 0 Å². The van der Waals surface area contributed by atoms with E-state index in [4.69, 9.17) is 8.94 Å². The number of aliphatic hydroxyl groups excluding tert-OH is 1. The number of β-amino-alcohol motifs (C(OH)–C–C–N with tert-alkyl or cyclic N) is 1. The van der Waals surface area contributed by atoms with E-state index in [0.29, 0.717) is 31.2 Å². The minimum Gasteiger partial charge on any atom is -0.461 e. The molecule has 0 aliphatic carbocycles. The van der Waals surface area contributed by atoms with Crippen molar-refractivity contribution in [2.24, 2.45) is 5.92 Å². The van der Waals surface area contributed by atoms with E-state index in [0.717, 1.165) is 0 Å². The van der Waals surface area contributed by atoms with Crippen LogP contribution in [0.25, 0.3) is 11.5 Å². The van der Waals surface area contributed by atoms with Gasteiger partial charge in [0.15, 0.2) is 11.5 Å². The van der Waals surface area contributed by atoms with E-state index in [1.807, 2.05) is 0 Å². The summed E-state index contributed by atoms with van der Waals surface area (Å²) in [7, 11) is 0. The van der Waals surface area contributed by atoms with Crippen molar-refractivity contribution >= 4 is 5.91 Å². The van der Waals surface area contributed by atoms with Crippen LogP contribution in [0.1, 0.15) is 10.5 Å². The van der Waals surface area contributed by atoms with E-state index in [2.05, 4.69) is 15.8 Å². The summed E-state index contributed by atoms with van der Waals surface area (Å²) in [5, 5.41) is 19.2. The van der Waals surface area contributed by atoms with Crippen molar-refractivity contribution in [3.63, 3.8) is 0 Å². The molecular formula is C13H15N3O4. The van der Waals surface area contributed by atoms with E-state index in [-0.39, 0.29) is 17.5 Å². The second-order valence-electron chi connectivity index (χ2n) is 4.75. The van der Waals surface area contributed by atoms with Gasteiger partial charge >= 0.3 is 0 Å². The lowest BCUT2D eigenvalue weighted by atomic mass is 10.1. The second kappa shape index (κ2) is 5.48. The fourth-order valence-electron chi connectivity index (χ4n) is 2.16. The summed E-state index contributed by atoms with van der Waals surface area (Å²) in [6, 6.07) is 4.98. The number of carbonyl (C=O) groups excluding carboxylic acids is 1. The average Bonchev–Trinajstić information content (AvgIpc) is 3.17. The Labute approximate surface area is 114 Å². The molecule has 0 spiro atoms. The fourth-order valence-corrected chi connectivity index (χ4v) is 2.16. The maximum atomic E-state index is 11.9. The molecule has 2 aromatic heterocycles. The van der Waals surface area contributed by atoms with Crippen LogP contribution in [0.15, 0.2) is 33.4 Å². The maximum absolute atomic E-state index is 11.9. The van der Waals surface area contributed by atoms with Gasteiger partial charge in [-0.15, -0.1) is 0 Å². The van der Waals surface area contributed by atoms with E-state index in [1.165, 1.54) is 12.3 Å². The minimum atomic E-state index is -0.425. The summed E-state index contributed by atoms with van der Waals surface area (Å²) >= 11 is 0. The molecule has 106 valence electrons. The summed E-state index contributed by atoms with van der Waals surface area (Å²) in [5.74, 6) is 0.621. The quantitative estimate of drug-likeness (QED) is 0.740. The predicted molar refractivity (Wildman–Crippen MR) is 68.9 cm³/mol. The molecule has 1 aliphatic rings. The highest BCUT2D eigenvalue weighted by atomic mass is 16.5. The van der Waals surface area contributed by atoms with Gasteiger partial charge < -0.3 is 24.7 Å². The van der Waals surface area contributed by atoms with Crippen molar-refractivity contribution in [3.8, 4) is 11.5 Å². The van der Waals surface area contributed by atoms with Gasteiger partial charge in [-0.05, 0) is 12.1 Å². The molecule has 3 rings (SSSR count). The van der Waals surface area contributed by atoms with Crippen molar-refractivity contribution in [2.75, 3.05) is 19.6 Å². The summed E-state index contributed by atoms with van der Waals surface area (Å²) in [4.78, 5) is 11.9. The third-order valence-electron chi connectivity index (χ3n) is 3.34. The molecule has 2 aromatic rings. The number of carbonyl (C=O) groups is 1. The van der Waals surface area contributed by atoms with Crippen LogP contribution in [0.3, 0.4) is 0 Å². The molecule has 0 aromatic carbocycles. The van der Waals surface area contributed by atoms with Crippen LogP contribution in [0.5, 0.6) is 0 Å². The second-order valence-corrected chi connectivity index (χ2v) is 4.75. The summed E-state index contributed by atoms with van der Waals surface area (Å²) in [6.07, 6.45) is 1.10. The Morgan fingerprint density at radius 1 is 1.50 bits per heavy atom. The normalized spacial score (nSPS) is 22.1. The monoisotopic (exact) mass is 277 g/mol. The first-order valence-corrected chi connectivity index (χ1v) is 6.41. The van der Waals surface area contributed by atoms with Gasteiger partial charge in [-0.25, -0.2) is 0 Å². The third kappa shape index (κ3) is 2.59. The minimum absolute atomic E-state index is 0.0235. The Kier molecular flexibility index (Phi) is 3.53. The number of aliphatic hydroxyl groups is 1. The van der Waals surface area contributed by atoms with E-state index in [1.54, 1.807) is 12.1 Å². The first kappa shape index (κ1) is 12.9. The van der Waals surface area contributed by atoms with Crippen LogP contribution in [0.2, 0.25) is 0 Å². The molecule has 3 heterocycles. The zero-order valence-electron chi connectivity index (χ0n) is 10.7. The number of amides is 1. The van der Waals surface area contributed by atoms with E-state index < -0.39 is 6.10 Å². The highest BCUT2D eigenvalue weighted by molar-refractivity contribution is 5.92. The lowest BCUT2D eigenvalue weighted by Crippen LogP contribution is -2.34. The molecule has 3 N–H and O–H groups in total. The average molecular weight is 277 g/mol. The van der Waals surface area contributed by atoms with Gasteiger partial charge in [-0.2, -0.15) is 0 Å². The number of hydrogen-bond acceptors (Lipinski definition) is 6. The summed E-state index contributed by atoms with van der Waals surface area (Å²) < 4.78 is 10.2. The molecule has 0 saturated carbocycles. The fraction of sp³-hybridized carbons (Fsp3) is 0.385. The van der Waals surface area contributed by atoms with Crippen molar-refractivity contribution in [1.29, 1.82) is 0 Å². The highest BCUT2D eigenvalue weighted by Gasteiger charge is 2.25. The van der Waals surface area contributed by atoms with E-state index in [9.17, 15) is 9.90 Å². The zero-order chi connectivity index (χ0) is 13.9. The van der Waals surface area contributed by atoms with Crippen molar-refractivity contribution in [2.45, 2.75) is 6.10 Å². The topological polar surface area (TPSA) is 101 Å². The number of rotatable bonds is 4. The van der Waals surface area contributed by atoms with Crippen molar-refractivity contribution in [3.05, 3.63) is 30.2 Å². The SMILES string of the molecule is O=C(NCC1CNCC1O)c1cc(-c2ccco2)on1. The van der Waals surface area contributed by atoms with Crippen LogP contribution in [0.4, 0.5) is 0 Å². The number of nitrogens with one attached hydrogen (secondary N) is 2. The van der Waals surface area contributed by atoms with Crippen LogP contribution < -0.4 is 10.6 Å². The van der Waals surface area contributed by atoms with Gasteiger partial charge in [0.2, 0.25) is 5.76 Å². The lowest BCUT2D eigenvalue weighted by Gasteiger charge is -2.13. The number of nitrogens with zero attached hydrogens (tertiary/aromatic N) is 1. The first-order valence-electron chi connectivity index (χ1n) is 6.41. The molecule has 2 unspecified atom stereocenters. The number of hydrogen-bond donors (Lipinski definition) is 3. The molecule has 7 heteroatoms. The van der Waals surface area contributed by atoms with Crippen LogP contribution in [0, 0.1) is 5.92 Å². The predicted octanol–water partition coefficient (Wildman–Crippen LogP) is 0.245.